The van der Waals surface area contributed by atoms with Crippen molar-refractivity contribution in [2.75, 3.05) is 12.4 Å². The highest BCUT2D eigenvalue weighted by Crippen LogP contribution is 2.23. The Hall–Kier alpha value is -2.27. The van der Waals surface area contributed by atoms with Crippen LogP contribution in [-0.4, -0.2) is 29.2 Å². The number of Topliss-reactive ketones (excluding diaryl/α,β-unsaturated/α-hetero) is 1. The summed E-state index contributed by atoms with van der Waals surface area (Å²) in [5.74, 6) is -0.674. The summed E-state index contributed by atoms with van der Waals surface area (Å²) in [4.78, 5) is 24.5. The SMILES string of the molecule is CCOc1ccc(C(=O)CSc2ccccc2)cc1C(=O)O. The summed E-state index contributed by atoms with van der Waals surface area (Å²) in [6.45, 7) is 2.15. The molecule has 0 atom stereocenters. The monoisotopic (exact) mass is 316 g/mol. The molecule has 0 amide bonds. The average Bonchev–Trinajstić information content (AvgIpc) is 2.54. The number of hydrogen-bond acceptors (Lipinski definition) is 4. The Labute approximate surface area is 133 Å². The minimum Gasteiger partial charge on any atom is -0.493 e. The van der Waals surface area contributed by atoms with E-state index in [1.807, 2.05) is 30.3 Å². The summed E-state index contributed by atoms with van der Waals surface area (Å²) < 4.78 is 5.26. The van der Waals surface area contributed by atoms with E-state index in [1.165, 1.54) is 23.9 Å². The van der Waals surface area contributed by atoms with Crippen LogP contribution >= 0.6 is 11.8 Å². The summed E-state index contributed by atoms with van der Waals surface area (Å²) in [6, 6.07) is 14.1. The van der Waals surface area contributed by atoms with Crippen LogP contribution in [0.4, 0.5) is 0 Å². The van der Waals surface area contributed by atoms with Crippen LogP contribution in [0.5, 0.6) is 5.75 Å². The van der Waals surface area contributed by atoms with E-state index in [-0.39, 0.29) is 22.8 Å². The van der Waals surface area contributed by atoms with Gasteiger partial charge in [-0.3, -0.25) is 4.79 Å². The van der Waals surface area contributed by atoms with Gasteiger partial charge in [-0.15, -0.1) is 11.8 Å². The Bertz CT molecular complexity index is 668. The Morgan fingerprint density at radius 3 is 2.50 bits per heavy atom. The van der Waals surface area contributed by atoms with E-state index in [2.05, 4.69) is 0 Å². The molecule has 0 aliphatic carbocycles. The Morgan fingerprint density at radius 2 is 1.86 bits per heavy atom. The van der Waals surface area contributed by atoms with Gasteiger partial charge in [-0.2, -0.15) is 0 Å². The first-order valence-corrected chi connectivity index (χ1v) is 7.81. The van der Waals surface area contributed by atoms with Gasteiger partial charge < -0.3 is 9.84 Å². The van der Waals surface area contributed by atoms with E-state index in [4.69, 9.17) is 4.74 Å². The van der Waals surface area contributed by atoms with Gasteiger partial charge in [0.1, 0.15) is 11.3 Å². The van der Waals surface area contributed by atoms with Crippen molar-refractivity contribution >= 4 is 23.5 Å². The zero-order chi connectivity index (χ0) is 15.9. The fourth-order valence-electron chi connectivity index (χ4n) is 1.90. The molecule has 0 radical (unpaired) electrons. The second kappa shape index (κ2) is 7.66. The Kier molecular flexibility index (Phi) is 5.61. The van der Waals surface area contributed by atoms with Crippen LogP contribution in [-0.2, 0) is 0 Å². The summed E-state index contributed by atoms with van der Waals surface area (Å²) in [5, 5.41) is 9.21. The summed E-state index contributed by atoms with van der Waals surface area (Å²) in [7, 11) is 0. The van der Waals surface area contributed by atoms with Crippen LogP contribution in [0.3, 0.4) is 0 Å². The first-order valence-electron chi connectivity index (χ1n) is 6.83. The number of aromatic carboxylic acids is 1. The molecular weight excluding hydrogens is 300 g/mol. The standard InChI is InChI=1S/C17H16O4S/c1-2-21-16-9-8-12(10-14(16)17(19)20)15(18)11-22-13-6-4-3-5-7-13/h3-10H,2,11H2,1H3,(H,19,20). The number of hydrogen-bond donors (Lipinski definition) is 1. The van der Waals surface area contributed by atoms with Crippen molar-refractivity contribution in [2.24, 2.45) is 0 Å². The zero-order valence-corrected chi connectivity index (χ0v) is 12.9. The highest BCUT2D eigenvalue weighted by Gasteiger charge is 2.15. The molecule has 0 unspecified atom stereocenters. The molecule has 0 aliphatic heterocycles. The van der Waals surface area contributed by atoms with Crippen molar-refractivity contribution in [2.45, 2.75) is 11.8 Å². The van der Waals surface area contributed by atoms with Gasteiger partial charge in [0.2, 0.25) is 0 Å². The molecule has 2 rings (SSSR count). The van der Waals surface area contributed by atoms with E-state index < -0.39 is 5.97 Å². The van der Waals surface area contributed by atoms with Gasteiger partial charge in [0, 0.05) is 10.5 Å². The number of carboxylic acid groups (broad SMARTS) is 1. The number of ketones is 1. The molecule has 114 valence electrons. The summed E-state index contributed by atoms with van der Waals surface area (Å²) in [6.07, 6.45) is 0. The lowest BCUT2D eigenvalue weighted by molar-refractivity contribution is 0.0692. The number of carboxylic acids is 1. The number of ether oxygens (including phenoxy) is 1. The smallest absolute Gasteiger partial charge is 0.339 e. The quantitative estimate of drug-likeness (QED) is 0.622. The van der Waals surface area contributed by atoms with E-state index in [0.29, 0.717) is 12.2 Å². The molecule has 2 aromatic rings. The molecule has 0 aromatic heterocycles. The molecule has 0 heterocycles. The molecule has 0 aliphatic rings. The molecular formula is C17H16O4S. The normalized spacial score (nSPS) is 10.2. The van der Waals surface area contributed by atoms with Gasteiger partial charge >= 0.3 is 5.97 Å². The summed E-state index contributed by atoms with van der Waals surface area (Å²) >= 11 is 1.42. The number of thioether (sulfide) groups is 1. The van der Waals surface area contributed by atoms with Crippen molar-refractivity contribution in [1.82, 2.24) is 0 Å². The Morgan fingerprint density at radius 1 is 1.14 bits per heavy atom. The van der Waals surface area contributed by atoms with Gasteiger partial charge in [0.05, 0.1) is 12.4 Å². The second-order valence-electron chi connectivity index (χ2n) is 4.47. The lowest BCUT2D eigenvalue weighted by atomic mass is 10.1. The first-order chi connectivity index (χ1) is 10.6. The van der Waals surface area contributed by atoms with Gasteiger partial charge in [0.15, 0.2) is 5.78 Å². The van der Waals surface area contributed by atoms with Gasteiger partial charge in [-0.25, -0.2) is 4.79 Å². The highest BCUT2D eigenvalue weighted by molar-refractivity contribution is 8.00. The second-order valence-corrected chi connectivity index (χ2v) is 5.52. The predicted molar refractivity (Wildman–Crippen MR) is 86.1 cm³/mol. The topological polar surface area (TPSA) is 63.6 Å². The van der Waals surface area contributed by atoms with Crippen LogP contribution in [0.2, 0.25) is 0 Å². The maximum atomic E-state index is 12.2. The zero-order valence-electron chi connectivity index (χ0n) is 12.1. The van der Waals surface area contributed by atoms with Crippen LogP contribution in [0.25, 0.3) is 0 Å². The fourth-order valence-corrected chi connectivity index (χ4v) is 2.71. The fraction of sp³-hybridized carbons (Fsp3) is 0.176. The minimum atomic E-state index is -1.10. The van der Waals surface area contributed by atoms with Crippen LogP contribution in [0.15, 0.2) is 53.4 Å². The number of benzene rings is 2. The van der Waals surface area contributed by atoms with E-state index in [1.54, 1.807) is 13.0 Å². The number of rotatable bonds is 7. The lowest BCUT2D eigenvalue weighted by Crippen LogP contribution is -2.08. The van der Waals surface area contributed by atoms with Gasteiger partial charge in [0.25, 0.3) is 0 Å². The maximum absolute atomic E-state index is 12.2. The molecule has 2 aromatic carbocycles. The van der Waals surface area contributed by atoms with Gasteiger partial charge in [-0.1, -0.05) is 18.2 Å². The highest BCUT2D eigenvalue weighted by atomic mass is 32.2. The van der Waals surface area contributed by atoms with Gasteiger partial charge in [-0.05, 0) is 37.3 Å². The average molecular weight is 316 g/mol. The third-order valence-corrected chi connectivity index (χ3v) is 3.96. The van der Waals surface area contributed by atoms with Crippen molar-refractivity contribution in [3.63, 3.8) is 0 Å². The molecule has 0 saturated heterocycles. The molecule has 22 heavy (non-hydrogen) atoms. The molecule has 0 saturated carbocycles. The molecule has 4 nitrogen and oxygen atoms in total. The van der Waals surface area contributed by atoms with Crippen LogP contribution in [0.1, 0.15) is 27.6 Å². The van der Waals surface area contributed by atoms with Crippen LogP contribution < -0.4 is 4.74 Å². The largest absolute Gasteiger partial charge is 0.493 e. The third-order valence-electron chi connectivity index (χ3n) is 2.94. The van der Waals surface area contributed by atoms with Crippen molar-refractivity contribution in [1.29, 1.82) is 0 Å². The lowest BCUT2D eigenvalue weighted by Gasteiger charge is -2.09. The number of carbonyl (C=O) groups excluding carboxylic acids is 1. The Balaban J connectivity index is 2.12. The van der Waals surface area contributed by atoms with Crippen molar-refractivity contribution in [3.8, 4) is 5.75 Å². The van der Waals surface area contributed by atoms with Crippen molar-refractivity contribution in [3.05, 3.63) is 59.7 Å². The van der Waals surface area contributed by atoms with E-state index >= 15 is 0 Å². The van der Waals surface area contributed by atoms with E-state index in [9.17, 15) is 14.7 Å². The first kappa shape index (κ1) is 16.1. The van der Waals surface area contributed by atoms with Crippen molar-refractivity contribution < 1.29 is 19.4 Å². The predicted octanol–water partition coefficient (Wildman–Crippen LogP) is 3.76. The summed E-state index contributed by atoms with van der Waals surface area (Å²) in [5.41, 5.74) is 0.390. The molecule has 5 heteroatoms. The van der Waals surface area contributed by atoms with E-state index in [0.717, 1.165) is 4.90 Å². The molecule has 0 spiro atoms. The van der Waals surface area contributed by atoms with Crippen LogP contribution in [0, 0.1) is 0 Å². The number of carbonyl (C=O) groups is 2. The molecule has 0 fully saturated rings. The third kappa shape index (κ3) is 4.11. The maximum Gasteiger partial charge on any atom is 0.339 e. The minimum absolute atomic E-state index is 0.0115. The molecule has 0 bridgehead atoms. The molecule has 1 N–H and O–H groups in total.